The van der Waals surface area contributed by atoms with Crippen LogP contribution in [0.15, 0.2) is 21.9 Å². The SMILES string of the molecule is CCC[C@@H]([C@@H](CC(C)C)C(=O)N[C@@H](CCCNCN=N[N+](=O)[O-])C(=O)Nc1nccs1)N(O)C=O. The van der Waals surface area contributed by atoms with Gasteiger partial charge in [0.05, 0.1) is 22.1 Å². The number of carbonyl (C=O) groups is 3. The maximum Gasteiger partial charge on any atom is 0.248 e. The zero-order valence-corrected chi connectivity index (χ0v) is 20.9. The van der Waals surface area contributed by atoms with Crippen molar-refractivity contribution in [2.45, 2.75) is 65.0 Å². The molecule has 3 atom stereocenters. The zero-order valence-electron chi connectivity index (χ0n) is 20.1. The highest BCUT2D eigenvalue weighted by Crippen LogP contribution is 2.23. The maximum atomic E-state index is 13.3. The molecular formula is C20H34N8O6S. The quantitative estimate of drug-likeness (QED) is 0.0572. The third kappa shape index (κ3) is 11.8. The Balaban J connectivity index is 2.92. The summed E-state index contributed by atoms with van der Waals surface area (Å²) in [5.74, 6) is -1.51. The normalized spacial score (nSPS) is 13.9. The van der Waals surface area contributed by atoms with E-state index in [9.17, 15) is 29.7 Å². The van der Waals surface area contributed by atoms with E-state index in [1.807, 2.05) is 20.8 Å². The van der Waals surface area contributed by atoms with E-state index in [4.69, 9.17) is 0 Å². The molecule has 0 aliphatic carbocycles. The first-order valence-electron chi connectivity index (χ1n) is 11.3. The molecular weight excluding hydrogens is 480 g/mol. The van der Waals surface area contributed by atoms with Crippen molar-refractivity contribution in [3.05, 3.63) is 21.7 Å². The number of hydrogen-bond donors (Lipinski definition) is 4. The van der Waals surface area contributed by atoms with Crippen LogP contribution in [-0.2, 0) is 14.4 Å². The fraction of sp³-hybridized carbons (Fsp3) is 0.700. The van der Waals surface area contributed by atoms with Crippen molar-refractivity contribution >= 4 is 34.7 Å². The van der Waals surface area contributed by atoms with Gasteiger partial charge in [0.25, 0.3) is 0 Å². The van der Waals surface area contributed by atoms with Crippen LogP contribution in [0.5, 0.6) is 0 Å². The summed E-state index contributed by atoms with van der Waals surface area (Å²) in [7, 11) is 0. The van der Waals surface area contributed by atoms with Gasteiger partial charge in [-0.15, -0.1) is 11.3 Å². The molecule has 0 bridgehead atoms. The number of nitrogens with one attached hydrogen (secondary N) is 3. The first-order chi connectivity index (χ1) is 16.7. The Kier molecular flexibility index (Phi) is 14.2. The van der Waals surface area contributed by atoms with Crippen LogP contribution in [0.1, 0.15) is 52.9 Å². The fourth-order valence-corrected chi connectivity index (χ4v) is 4.04. The number of anilines is 1. The van der Waals surface area contributed by atoms with Gasteiger partial charge in [0.2, 0.25) is 24.9 Å². The highest BCUT2D eigenvalue weighted by Gasteiger charge is 2.34. The average Bonchev–Trinajstić information content (AvgIpc) is 3.31. The monoisotopic (exact) mass is 514 g/mol. The predicted molar refractivity (Wildman–Crippen MR) is 128 cm³/mol. The highest BCUT2D eigenvalue weighted by molar-refractivity contribution is 7.13. The first kappa shape index (κ1) is 30.0. The van der Waals surface area contributed by atoms with Crippen molar-refractivity contribution in [2.24, 2.45) is 22.2 Å². The zero-order chi connectivity index (χ0) is 26.2. The molecule has 0 aliphatic rings. The molecule has 1 aromatic heterocycles. The standard InChI is InChI=1S/C20H34N8O6S/c1-4-6-17(27(32)13-29)15(11-14(2)3)18(30)24-16(19(31)25-20-22-9-10-35-20)7-5-8-21-12-23-26-28(33)34/h9-10,13-17,21,32H,4-8,11-12H2,1-3H3,(H,24,30)(H,22,25,31)/t15-,16+,17+/m1/s1. The Morgan fingerprint density at radius 2 is 2.09 bits per heavy atom. The molecule has 15 heteroatoms. The Hall–Kier alpha value is -3.04. The third-order valence-corrected chi connectivity index (χ3v) is 5.71. The van der Waals surface area contributed by atoms with E-state index in [1.54, 1.807) is 11.6 Å². The smallest absolute Gasteiger partial charge is 0.248 e. The second kappa shape index (κ2) is 16.6. The number of hydrogen-bond acceptors (Lipinski definition) is 10. The van der Waals surface area contributed by atoms with E-state index in [2.05, 4.69) is 31.3 Å². The summed E-state index contributed by atoms with van der Waals surface area (Å²) < 4.78 is 0. The van der Waals surface area contributed by atoms with Gasteiger partial charge in [0.1, 0.15) is 6.04 Å². The van der Waals surface area contributed by atoms with Gasteiger partial charge in [-0.1, -0.05) is 27.2 Å². The second-order valence-corrected chi connectivity index (χ2v) is 9.13. The van der Waals surface area contributed by atoms with Crippen LogP contribution < -0.4 is 16.0 Å². The van der Waals surface area contributed by atoms with Crippen LogP contribution in [0, 0.1) is 22.0 Å². The summed E-state index contributed by atoms with van der Waals surface area (Å²) >= 11 is 1.24. The lowest BCUT2D eigenvalue weighted by Gasteiger charge is -2.32. The number of hydroxylamine groups is 2. The molecule has 4 N–H and O–H groups in total. The average molecular weight is 515 g/mol. The highest BCUT2D eigenvalue weighted by atomic mass is 32.1. The summed E-state index contributed by atoms with van der Waals surface area (Å²) in [5, 5.41) is 36.4. The number of amides is 3. The van der Waals surface area contributed by atoms with Crippen LogP contribution >= 0.6 is 11.3 Å². The molecule has 3 amide bonds. The van der Waals surface area contributed by atoms with Gasteiger partial charge in [-0.05, 0) is 38.1 Å². The molecule has 14 nitrogen and oxygen atoms in total. The van der Waals surface area contributed by atoms with Crippen molar-refractivity contribution < 1.29 is 24.6 Å². The van der Waals surface area contributed by atoms with E-state index in [-0.39, 0.29) is 25.4 Å². The van der Waals surface area contributed by atoms with Gasteiger partial charge >= 0.3 is 0 Å². The third-order valence-electron chi connectivity index (χ3n) is 5.02. The second-order valence-electron chi connectivity index (χ2n) is 8.23. The first-order valence-corrected chi connectivity index (χ1v) is 12.2. The molecule has 0 unspecified atom stereocenters. The Labute approximate surface area is 207 Å². The molecule has 1 aromatic rings. The van der Waals surface area contributed by atoms with E-state index in [0.717, 1.165) is 0 Å². The van der Waals surface area contributed by atoms with Crippen LogP contribution in [-0.4, -0.2) is 63.8 Å². The molecule has 0 aliphatic heterocycles. The summed E-state index contributed by atoms with van der Waals surface area (Å²) in [6, 6.07) is -1.63. The number of nitro groups is 1. The van der Waals surface area contributed by atoms with Crippen molar-refractivity contribution in [1.82, 2.24) is 20.7 Å². The van der Waals surface area contributed by atoms with Gasteiger partial charge in [-0.25, -0.2) is 10.0 Å². The molecule has 0 fully saturated rings. The van der Waals surface area contributed by atoms with Gasteiger partial charge in [-0.2, -0.15) is 0 Å². The van der Waals surface area contributed by atoms with Crippen LogP contribution in [0.3, 0.4) is 0 Å². The van der Waals surface area contributed by atoms with Crippen molar-refractivity contribution in [3.8, 4) is 0 Å². The van der Waals surface area contributed by atoms with Gasteiger partial charge in [-0.3, -0.25) is 24.9 Å². The number of thiazole rings is 1. The lowest BCUT2D eigenvalue weighted by atomic mass is 9.86. The topological polar surface area (TPSA) is 192 Å². The summed E-state index contributed by atoms with van der Waals surface area (Å²) in [5.41, 5.74) is 0. The Bertz CT molecular complexity index is 823. The molecule has 1 rings (SSSR count). The van der Waals surface area contributed by atoms with Crippen LogP contribution in [0.4, 0.5) is 5.13 Å². The van der Waals surface area contributed by atoms with E-state index in [0.29, 0.717) is 42.4 Å². The number of aromatic nitrogens is 1. The number of rotatable bonds is 18. The van der Waals surface area contributed by atoms with Crippen molar-refractivity contribution in [3.63, 3.8) is 0 Å². The summed E-state index contributed by atoms with van der Waals surface area (Å²) in [4.78, 5) is 51.6. The molecule has 0 spiro atoms. The summed E-state index contributed by atoms with van der Waals surface area (Å²) in [6.07, 6.45) is 3.99. The van der Waals surface area contributed by atoms with Crippen LogP contribution in [0.25, 0.3) is 0 Å². The predicted octanol–water partition coefficient (Wildman–Crippen LogP) is 2.22. The molecule has 0 aromatic carbocycles. The molecule has 1 heterocycles. The van der Waals surface area contributed by atoms with Crippen LogP contribution in [0.2, 0.25) is 0 Å². The molecule has 196 valence electrons. The minimum atomic E-state index is -0.909. The number of carbonyl (C=O) groups excluding carboxylic acids is 3. The largest absolute Gasteiger partial charge is 0.344 e. The van der Waals surface area contributed by atoms with E-state index in [1.165, 1.54) is 11.3 Å². The maximum absolute atomic E-state index is 13.3. The van der Waals surface area contributed by atoms with E-state index < -0.39 is 34.8 Å². The Morgan fingerprint density at radius 3 is 2.66 bits per heavy atom. The molecule has 0 radical (unpaired) electrons. The molecule has 35 heavy (non-hydrogen) atoms. The molecule has 0 saturated carbocycles. The minimum Gasteiger partial charge on any atom is -0.344 e. The van der Waals surface area contributed by atoms with Gasteiger partial charge < -0.3 is 20.7 Å². The van der Waals surface area contributed by atoms with Crippen molar-refractivity contribution in [1.29, 1.82) is 0 Å². The van der Waals surface area contributed by atoms with Gasteiger partial charge in [0.15, 0.2) is 10.4 Å². The number of nitrogens with zero attached hydrogens (tertiary/aromatic N) is 5. The molecule has 0 saturated heterocycles. The Morgan fingerprint density at radius 1 is 1.34 bits per heavy atom. The summed E-state index contributed by atoms with van der Waals surface area (Å²) in [6.45, 7) is 6.06. The fourth-order valence-electron chi connectivity index (χ4n) is 3.51. The minimum absolute atomic E-state index is 0.0590. The lowest BCUT2D eigenvalue weighted by Crippen LogP contribution is -2.51. The van der Waals surface area contributed by atoms with Crippen molar-refractivity contribution in [2.75, 3.05) is 18.5 Å². The lowest BCUT2D eigenvalue weighted by molar-refractivity contribution is -0.494. The van der Waals surface area contributed by atoms with Gasteiger partial charge in [0, 0.05) is 11.6 Å². The van der Waals surface area contributed by atoms with E-state index >= 15 is 0 Å².